The van der Waals surface area contributed by atoms with Crippen LogP contribution in [0.3, 0.4) is 0 Å². The van der Waals surface area contributed by atoms with Gasteiger partial charge in [0.2, 0.25) is 0 Å². The molecule has 5 nitrogen and oxygen atoms in total. The fraction of sp³-hybridized carbons (Fsp3) is 0.375. The molecule has 1 aliphatic heterocycles. The first kappa shape index (κ1) is 21.3. The molecule has 0 radical (unpaired) electrons. The minimum absolute atomic E-state index is 0.127. The van der Waals surface area contributed by atoms with Crippen LogP contribution in [0.25, 0.3) is 10.9 Å². The Balaban J connectivity index is 1.37. The van der Waals surface area contributed by atoms with Crippen LogP contribution in [0.2, 0.25) is 0 Å². The van der Waals surface area contributed by atoms with Gasteiger partial charge in [-0.1, -0.05) is 12.1 Å². The molecule has 0 unspecified atom stereocenters. The van der Waals surface area contributed by atoms with Crippen molar-refractivity contribution in [2.75, 3.05) is 33.4 Å². The monoisotopic (exact) mass is 426 g/mol. The molecule has 0 bridgehead atoms. The smallest absolute Gasteiger partial charge is 0.191 e. The SMILES string of the molecule is CN=C(NCCc1c[nH]c2ccc(F)cc12)NCC1(c2ccc(F)cc2)CCOCC1. The highest BCUT2D eigenvalue weighted by Crippen LogP contribution is 2.34. The normalized spacial score (nSPS) is 16.4. The first-order valence-corrected chi connectivity index (χ1v) is 10.6. The topological polar surface area (TPSA) is 61.4 Å². The first-order chi connectivity index (χ1) is 15.1. The number of nitrogens with one attached hydrogen (secondary N) is 3. The molecule has 4 rings (SSSR count). The average Bonchev–Trinajstić information content (AvgIpc) is 3.19. The highest BCUT2D eigenvalue weighted by molar-refractivity contribution is 5.83. The van der Waals surface area contributed by atoms with Gasteiger partial charge in [0, 0.05) is 55.9 Å². The number of fused-ring (bicyclic) bond motifs is 1. The highest BCUT2D eigenvalue weighted by atomic mass is 19.1. The number of rotatable bonds is 6. The summed E-state index contributed by atoms with van der Waals surface area (Å²) in [5, 5.41) is 7.69. The number of benzene rings is 2. The molecule has 0 spiro atoms. The quantitative estimate of drug-likeness (QED) is 0.414. The molecule has 3 aromatic rings. The second kappa shape index (κ2) is 9.47. The summed E-state index contributed by atoms with van der Waals surface area (Å²) < 4.78 is 32.6. The molecule has 0 atom stereocenters. The van der Waals surface area contributed by atoms with Gasteiger partial charge in [0.1, 0.15) is 11.6 Å². The summed E-state index contributed by atoms with van der Waals surface area (Å²) in [6.45, 7) is 2.71. The van der Waals surface area contributed by atoms with Crippen molar-refractivity contribution in [2.45, 2.75) is 24.7 Å². The van der Waals surface area contributed by atoms with Gasteiger partial charge in [-0.25, -0.2) is 8.78 Å². The average molecular weight is 427 g/mol. The van der Waals surface area contributed by atoms with E-state index >= 15 is 0 Å². The molecule has 2 heterocycles. The lowest BCUT2D eigenvalue weighted by Crippen LogP contribution is -2.48. The summed E-state index contributed by atoms with van der Waals surface area (Å²) in [6, 6.07) is 11.5. The molecule has 1 fully saturated rings. The number of nitrogens with zero attached hydrogens (tertiary/aromatic N) is 1. The van der Waals surface area contributed by atoms with E-state index in [2.05, 4.69) is 20.6 Å². The van der Waals surface area contributed by atoms with Gasteiger partial charge in [0.25, 0.3) is 0 Å². The number of halogens is 2. The Hall–Kier alpha value is -2.93. The van der Waals surface area contributed by atoms with Gasteiger partial charge in [-0.15, -0.1) is 0 Å². The Kier molecular flexibility index (Phi) is 6.51. The maximum Gasteiger partial charge on any atom is 0.191 e. The van der Waals surface area contributed by atoms with Crippen molar-refractivity contribution in [1.29, 1.82) is 0 Å². The summed E-state index contributed by atoms with van der Waals surface area (Å²) >= 11 is 0. The summed E-state index contributed by atoms with van der Waals surface area (Å²) in [7, 11) is 1.74. The number of aliphatic imine (C=N–C) groups is 1. The van der Waals surface area contributed by atoms with Gasteiger partial charge in [-0.3, -0.25) is 4.99 Å². The van der Waals surface area contributed by atoms with E-state index in [4.69, 9.17) is 4.74 Å². The summed E-state index contributed by atoms with van der Waals surface area (Å²) in [6.07, 6.45) is 4.39. The van der Waals surface area contributed by atoms with Crippen LogP contribution in [0, 0.1) is 11.6 Å². The van der Waals surface area contributed by atoms with Crippen molar-refractivity contribution in [3.63, 3.8) is 0 Å². The Morgan fingerprint density at radius 2 is 1.81 bits per heavy atom. The fourth-order valence-electron chi connectivity index (χ4n) is 4.28. The largest absolute Gasteiger partial charge is 0.381 e. The second-order valence-corrected chi connectivity index (χ2v) is 8.01. The molecule has 3 N–H and O–H groups in total. The molecule has 1 aliphatic rings. The molecule has 0 amide bonds. The number of ether oxygens (including phenoxy) is 1. The number of H-pyrrole nitrogens is 1. The molecule has 1 saturated heterocycles. The van der Waals surface area contributed by atoms with Crippen LogP contribution >= 0.6 is 0 Å². The van der Waals surface area contributed by atoms with Crippen LogP contribution in [-0.4, -0.2) is 44.3 Å². The number of aromatic nitrogens is 1. The van der Waals surface area contributed by atoms with Crippen molar-refractivity contribution in [3.05, 3.63) is 71.4 Å². The van der Waals surface area contributed by atoms with Crippen molar-refractivity contribution in [3.8, 4) is 0 Å². The van der Waals surface area contributed by atoms with Crippen molar-refractivity contribution >= 4 is 16.9 Å². The van der Waals surface area contributed by atoms with E-state index in [9.17, 15) is 8.78 Å². The summed E-state index contributed by atoms with van der Waals surface area (Å²) in [4.78, 5) is 7.53. The van der Waals surface area contributed by atoms with Gasteiger partial charge >= 0.3 is 0 Å². The van der Waals surface area contributed by atoms with Crippen LogP contribution in [0.5, 0.6) is 0 Å². The summed E-state index contributed by atoms with van der Waals surface area (Å²) in [5.74, 6) is 0.244. The van der Waals surface area contributed by atoms with Gasteiger partial charge in [0.05, 0.1) is 0 Å². The zero-order chi connectivity index (χ0) is 21.7. The van der Waals surface area contributed by atoms with Crippen molar-refractivity contribution in [2.24, 2.45) is 4.99 Å². The van der Waals surface area contributed by atoms with Crippen molar-refractivity contribution in [1.82, 2.24) is 15.6 Å². The molecule has 7 heteroatoms. The predicted octanol–water partition coefficient (Wildman–Crippen LogP) is 3.90. The lowest BCUT2D eigenvalue weighted by molar-refractivity contribution is 0.0513. The molecule has 2 aromatic carbocycles. The van der Waals surface area contributed by atoms with Gasteiger partial charge < -0.3 is 20.4 Å². The van der Waals surface area contributed by atoms with E-state index in [-0.39, 0.29) is 17.0 Å². The third-order valence-electron chi connectivity index (χ3n) is 6.14. The summed E-state index contributed by atoms with van der Waals surface area (Å²) in [5.41, 5.74) is 2.98. The van der Waals surface area contributed by atoms with E-state index in [1.807, 2.05) is 18.3 Å². The molecular formula is C24H28F2N4O. The third-order valence-corrected chi connectivity index (χ3v) is 6.14. The van der Waals surface area contributed by atoms with E-state index in [0.29, 0.717) is 32.3 Å². The maximum atomic E-state index is 13.6. The zero-order valence-corrected chi connectivity index (χ0v) is 17.7. The van der Waals surface area contributed by atoms with Crippen LogP contribution in [0.4, 0.5) is 8.78 Å². The highest BCUT2D eigenvalue weighted by Gasteiger charge is 2.34. The Morgan fingerprint density at radius 1 is 1.06 bits per heavy atom. The van der Waals surface area contributed by atoms with Crippen LogP contribution < -0.4 is 10.6 Å². The molecule has 164 valence electrons. The second-order valence-electron chi connectivity index (χ2n) is 8.01. The van der Waals surface area contributed by atoms with Crippen molar-refractivity contribution < 1.29 is 13.5 Å². The number of hydrogen-bond donors (Lipinski definition) is 3. The van der Waals surface area contributed by atoms with Crippen LogP contribution in [-0.2, 0) is 16.6 Å². The Bertz CT molecular complexity index is 1040. The maximum absolute atomic E-state index is 13.6. The fourth-order valence-corrected chi connectivity index (χ4v) is 4.28. The van der Waals surface area contributed by atoms with E-state index in [1.54, 1.807) is 19.2 Å². The van der Waals surface area contributed by atoms with Crippen LogP contribution in [0.1, 0.15) is 24.0 Å². The molecule has 0 aliphatic carbocycles. The number of hydrogen-bond acceptors (Lipinski definition) is 2. The van der Waals surface area contributed by atoms with Crippen LogP contribution in [0.15, 0.2) is 53.7 Å². The lowest BCUT2D eigenvalue weighted by atomic mass is 9.74. The van der Waals surface area contributed by atoms with E-state index in [0.717, 1.165) is 41.3 Å². The van der Waals surface area contributed by atoms with E-state index < -0.39 is 0 Å². The zero-order valence-electron chi connectivity index (χ0n) is 17.7. The van der Waals surface area contributed by atoms with E-state index in [1.165, 1.54) is 18.2 Å². The third kappa shape index (κ3) is 4.88. The molecule has 0 saturated carbocycles. The Morgan fingerprint density at radius 3 is 2.55 bits per heavy atom. The Labute approximate surface area is 180 Å². The van der Waals surface area contributed by atoms with Gasteiger partial charge in [0.15, 0.2) is 5.96 Å². The van der Waals surface area contributed by atoms with Gasteiger partial charge in [-0.05, 0) is 60.7 Å². The standard InChI is InChI=1S/C24H28F2N4O/c1-27-23(28-11-8-17-15-29-22-7-6-20(26)14-21(17)22)30-16-24(9-12-31-13-10-24)18-2-4-19(25)5-3-18/h2-7,14-15,29H,8-13,16H2,1H3,(H2,27,28,30). The number of guanidine groups is 1. The minimum Gasteiger partial charge on any atom is -0.381 e. The first-order valence-electron chi connectivity index (χ1n) is 10.6. The molecular weight excluding hydrogens is 398 g/mol. The van der Waals surface area contributed by atoms with Gasteiger partial charge in [-0.2, -0.15) is 0 Å². The molecule has 1 aromatic heterocycles. The minimum atomic E-state index is -0.235. The predicted molar refractivity (Wildman–Crippen MR) is 119 cm³/mol. The lowest BCUT2D eigenvalue weighted by Gasteiger charge is -2.38. The molecule has 31 heavy (non-hydrogen) atoms. The number of aromatic amines is 1.